The third kappa shape index (κ3) is 2.82. The molecule has 1 aliphatic rings. The van der Waals surface area contributed by atoms with Crippen molar-refractivity contribution >= 4 is 40.2 Å². The van der Waals surface area contributed by atoms with E-state index in [-0.39, 0.29) is 31.0 Å². The monoisotopic (exact) mass is 421 g/mol. The Hall–Kier alpha value is -1.04. The van der Waals surface area contributed by atoms with Gasteiger partial charge in [0.2, 0.25) is 0 Å². The molecule has 0 bridgehead atoms. The summed E-state index contributed by atoms with van der Waals surface area (Å²) in [5.41, 5.74) is -1.43. The van der Waals surface area contributed by atoms with Gasteiger partial charge in [0.15, 0.2) is 5.60 Å². The second-order valence-electron chi connectivity index (χ2n) is 4.53. The molecule has 0 radical (unpaired) electrons. The van der Waals surface area contributed by atoms with Gasteiger partial charge in [0.1, 0.15) is 6.61 Å². The van der Waals surface area contributed by atoms with E-state index in [2.05, 4.69) is 11.8 Å². The molecule has 1 aromatic heterocycles. The largest absolute Gasteiger partial charge is 0.458 e. The first-order valence-electron chi connectivity index (χ1n) is 6.29. The summed E-state index contributed by atoms with van der Waals surface area (Å²) in [5.74, 6) is 4.96. The lowest BCUT2D eigenvalue weighted by atomic mass is 9.87. The lowest BCUT2D eigenvalue weighted by molar-refractivity contribution is -0.172. The van der Waals surface area contributed by atoms with Crippen LogP contribution in [0.5, 0.6) is 0 Å². The number of aliphatic hydroxyl groups is 1. The number of cyclic esters (lactones) is 1. The van der Waals surface area contributed by atoms with E-state index >= 15 is 0 Å². The molecular formula is C14H13ClINO4. The SMILES string of the molecule is CC[C@@]1(O)C(=O)OCc2c1cc(I)n(CC#CCCl)c2=O. The van der Waals surface area contributed by atoms with Gasteiger partial charge in [0.05, 0.1) is 21.7 Å². The highest BCUT2D eigenvalue weighted by Gasteiger charge is 2.44. The van der Waals surface area contributed by atoms with Crippen molar-refractivity contribution in [3.8, 4) is 11.8 Å². The first-order chi connectivity index (χ1) is 9.95. The van der Waals surface area contributed by atoms with Crippen molar-refractivity contribution < 1.29 is 14.6 Å². The average molecular weight is 422 g/mol. The molecule has 2 heterocycles. The van der Waals surface area contributed by atoms with Crippen molar-refractivity contribution in [2.45, 2.75) is 32.1 Å². The highest BCUT2D eigenvalue weighted by molar-refractivity contribution is 14.1. The van der Waals surface area contributed by atoms with E-state index < -0.39 is 11.6 Å². The van der Waals surface area contributed by atoms with Crippen LogP contribution in [-0.2, 0) is 28.3 Å². The second-order valence-corrected chi connectivity index (χ2v) is 5.90. The molecule has 2 rings (SSSR count). The Kier molecular flexibility index (Phi) is 4.96. The summed E-state index contributed by atoms with van der Waals surface area (Å²) < 4.78 is 7.02. The van der Waals surface area contributed by atoms with Crippen molar-refractivity contribution in [2.24, 2.45) is 0 Å². The van der Waals surface area contributed by atoms with Crippen LogP contribution in [0.25, 0.3) is 0 Å². The van der Waals surface area contributed by atoms with Crippen LogP contribution >= 0.6 is 34.2 Å². The molecule has 1 atom stereocenters. The Bertz CT molecular complexity index is 703. The van der Waals surface area contributed by atoms with Gasteiger partial charge in [-0.25, -0.2) is 4.79 Å². The number of rotatable bonds is 2. The number of hydrogen-bond acceptors (Lipinski definition) is 4. The van der Waals surface area contributed by atoms with Gasteiger partial charge in [0.25, 0.3) is 5.56 Å². The number of nitrogens with zero attached hydrogens (tertiary/aromatic N) is 1. The Morgan fingerprint density at radius 1 is 1.52 bits per heavy atom. The summed E-state index contributed by atoms with van der Waals surface area (Å²) in [7, 11) is 0. The molecular weight excluding hydrogens is 409 g/mol. The number of pyridine rings is 1. The lowest BCUT2D eigenvalue weighted by Gasteiger charge is -2.31. The van der Waals surface area contributed by atoms with E-state index in [1.54, 1.807) is 13.0 Å². The lowest BCUT2D eigenvalue weighted by Crippen LogP contribution is -2.44. The van der Waals surface area contributed by atoms with Crippen LogP contribution in [0.2, 0.25) is 0 Å². The molecule has 21 heavy (non-hydrogen) atoms. The molecule has 5 nitrogen and oxygen atoms in total. The van der Waals surface area contributed by atoms with Crippen molar-refractivity contribution in [1.82, 2.24) is 4.57 Å². The topological polar surface area (TPSA) is 68.5 Å². The average Bonchev–Trinajstić information content (AvgIpc) is 2.47. The van der Waals surface area contributed by atoms with Gasteiger partial charge in [0, 0.05) is 5.56 Å². The van der Waals surface area contributed by atoms with Gasteiger partial charge in [-0.2, -0.15) is 0 Å². The number of ether oxygens (including phenoxy) is 1. The summed E-state index contributed by atoms with van der Waals surface area (Å²) in [5, 5.41) is 10.5. The maximum absolute atomic E-state index is 12.5. The molecule has 0 saturated carbocycles. The Morgan fingerprint density at radius 2 is 2.24 bits per heavy atom. The Labute approximate surface area is 140 Å². The number of fused-ring (bicyclic) bond motifs is 1. The third-order valence-electron chi connectivity index (χ3n) is 3.42. The number of halogens is 2. The van der Waals surface area contributed by atoms with Crippen LogP contribution in [0.15, 0.2) is 10.9 Å². The minimum Gasteiger partial charge on any atom is -0.458 e. The molecule has 0 spiro atoms. The van der Waals surface area contributed by atoms with Gasteiger partial charge in [-0.3, -0.25) is 9.36 Å². The quantitative estimate of drug-likeness (QED) is 0.257. The summed E-state index contributed by atoms with van der Waals surface area (Å²) >= 11 is 7.46. The maximum Gasteiger partial charge on any atom is 0.343 e. The van der Waals surface area contributed by atoms with Crippen molar-refractivity contribution in [1.29, 1.82) is 0 Å². The second kappa shape index (κ2) is 6.38. The van der Waals surface area contributed by atoms with E-state index in [9.17, 15) is 14.7 Å². The molecule has 0 saturated heterocycles. The van der Waals surface area contributed by atoms with Crippen LogP contribution in [0.1, 0.15) is 24.5 Å². The molecule has 0 fully saturated rings. The fourth-order valence-electron chi connectivity index (χ4n) is 2.20. The number of alkyl halides is 1. The third-order valence-corrected chi connectivity index (χ3v) is 4.45. The predicted octanol–water partition coefficient (Wildman–Crippen LogP) is 1.35. The molecule has 1 aromatic rings. The highest BCUT2D eigenvalue weighted by atomic mass is 127. The molecule has 1 aliphatic heterocycles. The zero-order valence-electron chi connectivity index (χ0n) is 11.3. The Morgan fingerprint density at radius 3 is 2.86 bits per heavy atom. The normalized spacial score (nSPS) is 20.3. The molecule has 0 unspecified atom stereocenters. The zero-order valence-corrected chi connectivity index (χ0v) is 14.2. The van der Waals surface area contributed by atoms with E-state index in [4.69, 9.17) is 16.3 Å². The van der Waals surface area contributed by atoms with Gasteiger partial charge in [-0.1, -0.05) is 18.8 Å². The standard InChI is InChI=1S/C14H13ClINO4/c1-2-14(20)10-7-11(16)17(6-4-3-5-15)12(18)9(10)8-21-13(14)19/h7,20H,2,5-6,8H2,1H3/t14-/m0/s1. The number of carbonyl (C=O) groups excluding carboxylic acids is 1. The van der Waals surface area contributed by atoms with E-state index in [1.807, 2.05) is 22.6 Å². The molecule has 112 valence electrons. The first-order valence-corrected chi connectivity index (χ1v) is 7.91. The highest BCUT2D eigenvalue weighted by Crippen LogP contribution is 2.33. The van der Waals surface area contributed by atoms with E-state index in [0.29, 0.717) is 14.8 Å². The molecule has 1 N–H and O–H groups in total. The van der Waals surface area contributed by atoms with E-state index in [0.717, 1.165) is 0 Å². The fourth-order valence-corrected chi connectivity index (χ4v) is 2.99. The van der Waals surface area contributed by atoms with Crippen molar-refractivity contribution in [3.05, 3.63) is 31.2 Å². The molecule has 0 aromatic carbocycles. The summed E-state index contributed by atoms with van der Waals surface area (Å²) in [6.07, 6.45) is 0.143. The van der Waals surface area contributed by atoms with Crippen molar-refractivity contribution in [2.75, 3.05) is 5.88 Å². The number of esters is 1. The molecule has 7 heteroatoms. The van der Waals surface area contributed by atoms with E-state index in [1.165, 1.54) is 4.57 Å². The number of aromatic nitrogens is 1. The van der Waals surface area contributed by atoms with Crippen LogP contribution < -0.4 is 5.56 Å². The summed E-state index contributed by atoms with van der Waals surface area (Å²) in [4.78, 5) is 24.3. The predicted molar refractivity (Wildman–Crippen MR) is 85.9 cm³/mol. The Balaban J connectivity index is 2.60. The van der Waals surface area contributed by atoms with Crippen LogP contribution in [0, 0.1) is 15.5 Å². The number of carbonyl (C=O) groups is 1. The van der Waals surface area contributed by atoms with Gasteiger partial charge < -0.3 is 9.84 Å². The minimum absolute atomic E-state index is 0.130. The van der Waals surface area contributed by atoms with Crippen molar-refractivity contribution in [3.63, 3.8) is 0 Å². The first kappa shape index (κ1) is 16.3. The maximum atomic E-state index is 12.5. The molecule has 0 amide bonds. The smallest absolute Gasteiger partial charge is 0.343 e. The van der Waals surface area contributed by atoms with Gasteiger partial charge in [-0.15, -0.1) is 11.6 Å². The fraction of sp³-hybridized carbons (Fsp3) is 0.429. The summed E-state index contributed by atoms with van der Waals surface area (Å²) in [6.45, 7) is 1.74. The minimum atomic E-state index is -1.76. The van der Waals surface area contributed by atoms with Gasteiger partial charge in [-0.05, 0) is 35.1 Å². The zero-order chi connectivity index (χ0) is 15.6. The van der Waals surface area contributed by atoms with Crippen LogP contribution in [-0.4, -0.2) is 21.5 Å². The summed E-state index contributed by atoms with van der Waals surface area (Å²) in [6, 6.07) is 1.64. The molecule has 0 aliphatic carbocycles. The van der Waals surface area contributed by atoms with Crippen LogP contribution in [0.3, 0.4) is 0 Å². The number of hydrogen-bond donors (Lipinski definition) is 1. The van der Waals surface area contributed by atoms with Crippen LogP contribution in [0.4, 0.5) is 0 Å². The van der Waals surface area contributed by atoms with Gasteiger partial charge >= 0.3 is 5.97 Å².